The first-order valence-corrected chi connectivity index (χ1v) is 14.2. The summed E-state index contributed by atoms with van der Waals surface area (Å²) in [5.41, 5.74) is 0.251. The van der Waals surface area contributed by atoms with Gasteiger partial charge in [-0.15, -0.1) is 0 Å². The molecule has 1 aliphatic heterocycles. The van der Waals surface area contributed by atoms with Crippen LogP contribution in [0.1, 0.15) is 64.4 Å². The van der Waals surface area contributed by atoms with Gasteiger partial charge in [0, 0.05) is 25.2 Å². The maximum Gasteiger partial charge on any atom is 0.287 e. The van der Waals surface area contributed by atoms with Crippen molar-refractivity contribution in [2.24, 2.45) is 11.3 Å². The predicted octanol–water partition coefficient (Wildman–Crippen LogP) is 3.85. The topological polar surface area (TPSA) is 114 Å². The van der Waals surface area contributed by atoms with Gasteiger partial charge in [-0.25, -0.2) is 0 Å². The number of nitrogens with zero attached hydrogens (tertiary/aromatic N) is 1. The van der Waals surface area contributed by atoms with Gasteiger partial charge >= 0.3 is 0 Å². The van der Waals surface area contributed by atoms with Crippen molar-refractivity contribution >= 4 is 24.0 Å². The molecule has 0 atom stereocenters. The summed E-state index contributed by atoms with van der Waals surface area (Å²) in [6.07, 6.45) is 9.93. The first-order valence-electron chi connectivity index (χ1n) is 14.2. The monoisotopic (exact) mass is 553 g/mol. The lowest BCUT2D eigenvalue weighted by atomic mass is 9.63. The average Bonchev–Trinajstić information content (AvgIpc) is 2.95. The van der Waals surface area contributed by atoms with Crippen LogP contribution >= 0.6 is 0 Å². The molecule has 1 aromatic carbocycles. The molecule has 9 nitrogen and oxygen atoms in total. The molecule has 1 heterocycles. The number of rotatable bonds is 12. The third kappa shape index (κ3) is 7.96. The van der Waals surface area contributed by atoms with Crippen molar-refractivity contribution < 1.29 is 28.7 Å². The van der Waals surface area contributed by atoms with Gasteiger partial charge in [0.25, 0.3) is 5.91 Å². The summed E-state index contributed by atoms with van der Waals surface area (Å²) in [6, 6.07) is 5.15. The molecule has 3 amide bonds. The Morgan fingerprint density at radius 1 is 1.15 bits per heavy atom. The number of ether oxygens (including phenoxy) is 2. The summed E-state index contributed by atoms with van der Waals surface area (Å²) in [6.45, 7) is 10.4. The highest BCUT2D eigenvalue weighted by Crippen LogP contribution is 2.46. The van der Waals surface area contributed by atoms with E-state index in [9.17, 15) is 19.2 Å². The van der Waals surface area contributed by atoms with Crippen LogP contribution in [0, 0.1) is 18.3 Å². The molecule has 1 saturated heterocycles. The van der Waals surface area contributed by atoms with Crippen molar-refractivity contribution in [3.8, 4) is 11.5 Å². The molecule has 9 heteroatoms. The number of hydrogen-bond donors (Lipinski definition) is 2. The number of hydrogen-bond acceptors (Lipinski definition) is 6. The number of benzene rings is 1. The summed E-state index contributed by atoms with van der Waals surface area (Å²) in [5.74, 6) is 0.317. The summed E-state index contributed by atoms with van der Waals surface area (Å²) < 4.78 is 11.2. The molecule has 2 fully saturated rings. The normalized spacial score (nSPS) is 17.6. The van der Waals surface area contributed by atoms with E-state index in [1.807, 2.05) is 13.8 Å². The van der Waals surface area contributed by atoms with Gasteiger partial charge in [0.15, 0.2) is 5.76 Å². The fraction of sp³-hybridized carbons (Fsp3) is 0.548. The van der Waals surface area contributed by atoms with Gasteiger partial charge in [0.1, 0.15) is 24.4 Å². The first-order chi connectivity index (χ1) is 19.2. The zero-order chi connectivity index (χ0) is 29.1. The zero-order valence-electron chi connectivity index (χ0n) is 24.0. The van der Waals surface area contributed by atoms with E-state index < -0.39 is 11.3 Å². The fourth-order valence-corrected chi connectivity index (χ4v) is 5.71. The van der Waals surface area contributed by atoms with Crippen LogP contribution in [0.15, 0.2) is 42.7 Å². The number of amides is 3. The van der Waals surface area contributed by atoms with Crippen LogP contribution < -0.4 is 20.1 Å². The van der Waals surface area contributed by atoms with E-state index in [1.165, 1.54) is 6.42 Å². The molecule has 0 aromatic heterocycles. The lowest BCUT2D eigenvalue weighted by Gasteiger charge is -2.47. The predicted molar refractivity (Wildman–Crippen MR) is 153 cm³/mol. The second-order valence-electron chi connectivity index (χ2n) is 11.0. The number of likely N-dealkylation sites (tertiary alicyclic amines) is 1. The molecule has 1 saturated carbocycles. The average molecular weight is 554 g/mol. The molecular weight excluding hydrogens is 510 g/mol. The number of aryl methyl sites for hydroxylation is 1. The van der Waals surface area contributed by atoms with Crippen LogP contribution in [0.3, 0.4) is 0 Å². The van der Waals surface area contributed by atoms with E-state index in [0.29, 0.717) is 61.8 Å². The second kappa shape index (κ2) is 14.7. The minimum Gasteiger partial charge on any atom is -0.490 e. The van der Waals surface area contributed by atoms with Gasteiger partial charge in [-0.2, -0.15) is 0 Å². The van der Waals surface area contributed by atoms with Gasteiger partial charge in [-0.3, -0.25) is 19.2 Å². The summed E-state index contributed by atoms with van der Waals surface area (Å²) in [5, 5.41) is 5.72. The zero-order valence-corrected chi connectivity index (χ0v) is 24.0. The van der Waals surface area contributed by atoms with E-state index in [2.05, 4.69) is 17.2 Å². The quantitative estimate of drug-likeness (QED) is 0.176. The molecule has 2 N–H and O–H groups in total. The Labute approximate surface area is 237 Å². The molecule has 0 spiro atoms. The summed E-state index contributed by atoms with van der Waals surface area (Å²) in [7, 11) is 0. The standard InChI is InChI=1S/C31H43N3O6/c1-5-19-39-25-11-12-26(23(4)20-25)40-27(13-18-35)29(37)32-21-28(36)34-16-14-31(15-17-34,30(38)33-22(2)3)24-9-7-6-8-10-24/h5,11-13,18,20,22,24H,1,6-10,14-17,19,21H2,2-4H3,(H,32,37)(H,33,38)/b27-13-. The van der Waals surface area contributed by atoms with Crippen molar-refractivity contribution in [2.45, 2.75) is 71.8 Å². The number of carbonyl (C=O) groups is 4. The maximum absolute atomic E-state index is 13.4. The minimum absolute atomic E-state index is 0.0611. The highest BCUT2D eigenvalue weighted by atomic mass is 16.5. The van der Waals surface area contributed by atoms with E-state index in [4.69, 9.17) is 9.47 Å². The molecule has 218 valence electrons. The van der Waals surface area contributed by atoms with Crippen LogP contribution in [-0.2, 0) is 19.2 Å². The number of allylic oxidation sites excluding steroid dienone is 1. The van der Waals surface area contributed by atoms with Gasteiger partial charge in [-0.05, 0) is 76.1 Å². The Balaban J connectivity index is 1.58. The van der Waals surface area contributed by atoms with Gasteiger partial charge in [0.2, 0.25) is 11.8 Å². The van der Waals surface area contributed by atoms with Crippen LogP contribution in [0.25, 0.3) is 0 Å². The highest BCUT2D eigenvalue weighted by molar-refractivity contribution is 5.97. The number of carbonyl (C=O) groups excluding carboxylic acids is 4. The number of nitrogens with one attached hydrogen (secondary N) is 2. The Kier molecular flexibility index (Phi) is 11.3. The Hall–Kier alpha value is -3.62. The molecule has 1 aliphatic carbocycles. The van der Waals surface area contributed by atoms with Crippen molar-refractivity contribution in [1.29, 1.82) is 0 Å². The summed E-state index contributed by atoms with van der Waals surface area (Å²) in [4.78, 5) is 52.1. The summed E-state index contributed by atoms with van der Waals surface area (Å²) >= 11 is 0. The van der Waals surface area contributed by atoms with Crippen LogP contribution in [0.4, 0.5) is 0 Å². The third-order valence-corrected chi connectivity index (χ3v) is 7.84. The van der Waals surface area contributed by atoms with Crippen LogP contribution in [0.5, 0.6) is 11.5 Å². The maximum atomic E-state index is 13.4. The molecule has 0 radical (unpaired) electrons. The van der Waals surface area contributed by atoms with Crippen molar-refractivity contribution in [1.82, 2.24) is 15.5 Å². The Morgan fingerprint density at radius 2 is 1.85 bits per heavy atom. The number of aldehydes is 1. The van der Waals surface area contributed by atoms with Gasteiger partial charge in [-0.1, -0.05) is 31.9 Å². The van der Waals surface area contributed by atoms with E-state index in [-0.39, 0.29) is 30.2 Å². The third-order valence-electron chi connectivity index (χ3n) is 7.84. The van der Waals surface area contributed by atoms with Crippen molar-refractivity contribution in [3.63, 3.8) is 0 Å². The van der Waals surface area contributed by atoms with E-state index in [1.54, 1.807) is 36.1 Å². The first kappa shape index (κ1) is 30.9. The molecule has 2 aliphatic rings. The van der Waals surface area contributed by atoms with Crippen LogP contribution in [-0.4, -0.2) is 61.2 Å². The largest absolute Gasteiger partial charge is 0.490 e. The lowest BCUT2D eigenvalue weighted by molar-refractivity contribution is -0.145. The Bertz CT molecular complexity index is 1100. The molecule has 1 aromatic rings. The van der Waals surface area contributed by atoms with E-state index >= 15 is 0 Å². The van der Waals surface area contributed by atoms with Gasteiger partial charge < -0.3 is 25.0 Å². The molecule has 0 bridgehead atoms. The smallest absolute Gasteiger partial charge is 0.287 e. The molecule has 0 unspecified atom stereocenters. The van der Waals surface area contributed by atoms with Crippen molar-refractivity contribution in [2.75, 3.05) is 26.2 Å². The SMILES string of the molecule is C=CCOc1ccc(O/C(=C\C=O)C(=O)NCC(=O)N2CCC(C(=O)NC(C)C)(C3CCCCC3)CC2)c(C)c1. The van der Waals surface area contributed by atoms with E-state index in [0.717, 1.165) is 31.8 Å². The Morgan fingerprint density at radius 3 is 2.45 bits per heavy atom. The second-order valence-corrected chi connectivity index (χ2v) is 11.0. The number of piperidine rings is 1. The minimum atomic E-state index is -0.670. The molecular formula is C31H43N3O6. The van der Waals surface area contributed by atoms with Gasteiger partial charge in [0.05, 0.1) is 12.0 Å². The fourth-order valence-electron chi connectivity index (χ4n) is 5.71. The molecule has 3 rings (SSSR count). The lowest BCUT2D eigenvalue weighted by Crippen LogP contribution is -2.55. The van der Waals surface area contributed by atoms with Crippen molar-refractivity contribution in [3.05, 3.63) is 48.3 Å². The molecule has 40 heavy (non-hydrogen) atoms. The highest BCUT2D eigenvalue weighted by Gasteiger charge is 2.48. The van der Waals surface area contributed by atoms with Crippen LogP contribution in [0.2, 0.25) is 0 Å².